The first-order valence-electron chi connectivity index (χ1n) is 9.60. The summed E-state index contributed by atoms with van der Waals surface area (Å²) in [6.07, 6.45) is 2.50. The number of carbonyl (C=O) groups is 1. The molecule has 160 valence electrons. The highest BCUT2D eigenvalue weighted by atomic mass is 16.5. The van der Waals surface area contributed by atoms with Crippen molar-refractivity contribution in [3.63, 3.8) is 0 Å². The predicted molar refractivity (Wildman–Crippen MR) is 113 cm³/mol. The van der Waals surface area contributed by atoms with Gasteiger partial charge in [0, 0.05) is 23.1 Å². The summed E-state index contributed by atoms with van der Waals surface area (Å²) in [4.78, 5) is 12.6. The lowest BCUT2D eigenvalue weighted by atomic mass is 10.1. The standard InChI is InChI=1S/C22H26N2O6/c1-6-29-17-8-14-7-13(2)30-18(14)11-16(17)12-23-24-22(25)15-9-19(26-3)21(28-5)20(10-15)27-4/h8-13H,6-7H2,1-5H3,(H,24,25)/b23-12-/t13-/m1/s1. The molecule has 8 heteroatoms. The lowest BCUT2D eigenvalue weighted by Crippen LogP contribution is -2.18. The molecule has 1 aliphatic heterocycles. The van der Waals surface area contributed by atoms with Crippen molar-refractivity contribution in [2.75, 3.05) is 27.9 Å². The van der Waals surface area contributed by atoms with Crippen molar-refractivity contribution in [3.05, 3.63) is 41.0 Å². The van der Waals surface area contributed by atoms with Crippen LogP contribution in [-0.2, 0) is 6.42 Å². The number of benzene rings is 2. The van der Waals surface area contributed by atoms with Gasteiger partial charge in [-0.2, -0.15) is 5.10 Å². The molecule has 0 fully saturated rings. The topological polar surface area (TPSA) is 87.6 Å². The molecule has 0 unspecified atom stereocenters. The summed E-state index contributed by atoms with van der Waals surface area (Å²) < 4.78 is 27.4. The minimum absolute atomic E-state index is 0.126. The van der Waals surface area contributed by atoms with E-state index in [-0.39, 0.29) is 6.10 Å². The molecule has 1 atom stereocenters. The predicted octanol–water partition coefficient (Wildman–Crippen LogP) is 3.20. The van der Waals surface area contributed by atoms with Gasteiger partial charge in [0.2, 0.25) is 5.75 Å². The first-order valence-corrected chi connectivity index (χ1v) is 9.60. The molecule has 8 nitrogen and oxygen atoms in total. The van der Waals surface area contributed by atoms with Gasteiger partial charge in [0.15, 0.2) is 11.5 Å². The second-order valence-corrected chi connectivity index (χ2v) is 6.68. The molecule has 1 amide bonds. The van der Waals surface area contributed by atoms with Crippen molar-refractivity contribution in [3.8, 4) is 28.7 Å². The van der Waals surface area contributed by atoms with Gasteiger partial charge >= 0.3 is 0 Å². The average Bonchev–Trinajstić information content (AvgIpc) is 3.11. The van der Waals surface area contributed by atoms with Crippen LogP contribution in [0.5, 0.6) is 28.7 Å². The van der Waals surface area contributed by atoms with E-state index in [1.54, 1.807) is 12.1 Å². The average molecular weight is 414 g/mol. The summed E-state index contributed by atoms with van der Waals surface area (Å²) in [5.41, 5.74) is 4.65. The molecule has 30 heavy (non-hydrogen) atoms. The number of methoxy groups -OCH3 is 3. The van der Waals surface area contributed by atoms with Gasteiger partial charge in [0.25, 0.3) is 5.91 Å². The minimum Gasteiger partial charge on any atom is -0.493 e. The number of amides is 1. The smallest absolute Gasteiger partial charge is 0.271 e. The summed E-state index contributed by atoms with van der Waals surface area (Å²) in [5.74, 6) is 2.26. The lowest BCUT2D eigenvalue weighted by molar-refractivity contribution is 0.0954. The summed E-state index contributed by atoms with van der Waals surface area (Å²) in [5, 5.41) is 4.09. The van der Waals surface area contributed by atoms with Gasteiger partial charge in [-0.1, -0.05) is 0 Å². The second kappa shape index (κ2) is 9.39. The maximum absolute atomic E-state index is 12.6. The molecule has 2 aromatic carbocycles. The van der Waals surface area contributed by atoms with Gasteiger partial charge < -0.3 is 23.7 Å². The largest absolute Gasteiger partial charge is 0.493 e. The number of hydrogen-bond donors (Lipinski definition) is 1. The van der Waals surface area contributed by atoms with E-state index >= 15 is 0 Å². The van der Waals surface area contributed by atoms with Gasteiger partial charge in [-0.3, -0.25) is 4.79 Å². The minimum atomic E-state index is -0.422. The van der Waals surface area contributed by atoms with Gasteiger partial charge in [-0.15, -0.1) is 0 Å². The number of hydrogen-bond acceptors (Lipinski definition) is 7. The highest BCUT2D eigenvalue weighted by Crippen LogP contribution is 2.38. The van der Waals surface area contributed by atoms with Crippen LogP contribution >= 0.6 is 0 Å². The fourth-order valence-electron chi connectivity index (χ4n) is 3.27. The normalized spacial score (nSPS) is 14.8. The molecule has 0 bridgehead atoms. The Kier molecular flexibility index (Phi) is 6.66. The third kappa shape index (κ3) is 4.42. The van der Waals surface area contributed by atoms with Gasteiger partial charge in [-0.05, 0) is 38.1 Å². The molecule has 0 saturated heterocycles. The van der Waals surface area contributed by atoms with Gasteiger partial charge in [0.1, 0.15) is 17.6 Å². The molecule has 0 spiro atoms. The number of ether oxygens (including phenoxy) is 5. The molecule has 0 radical (unpaired) electrons. The zero-order valence-corrected chi connectivity index (χ0v) is 17.8. The Labute approximate surface area is 175 Å². The Bertz CT molecular complexity index is 932. The van der Waals surface area contributed by atoms with Crippen LogP contribution in [-0.4, -0.2) is 46.2 Å². The van der Waals surface area contributed by atoms with Crippen LogP contribution in [0.25, 0.3) is 0 Å². The molecule has 0 saturated carbocycles. The molecular weight excluding hydrogens is 388 g/mol. The van der Waals surface area contributed by atoms with Crippen molar-refractivity contribution in [2.24, 2.45) is 5.10 Å². The SMILES string of the molecule is CCOc1cc2c(cc1/C=N\NC(=O)c1cc(OC)c(OC)c(OC)c1)O[C@H](C)C2. The summed E-state index contributed by atoms with van der Waals surface area (Å²) in [7, 11) is 4.48. The van der Waals surface area contributed by atoms with E-state index in [9.17, 15) is 4.79 Å². The highest BCUT2D eigenvalue weighted by Gasteiger charge is 2.21. The van der Waals surface area contributed by atoms with E-state index in [4.69, 9.17) is 23.7 Å². The van der Waals surface area contributed by atoms with E-state index in [0.29, 0.717) is 35.2 Å². The van der Waals surface area contributed by atoms with E-state index in [0.717, 1.165) is 23.3 Å². The van der Waals surface area contributed by atoms with Crippen LogP contribution in [0.4, 0.5) is 0 Å². The summed E-state index contributed by atoms with van der Waals surface area (Å²) >= 11 is 0. The number of carbonyl (C=O) groups excluding carboxylic acids is 1. The number of nitrogens with one attached hydrogen (secondary N) is 1. The van der Waals surface area contributed by atoms with Gasteiger partial charge in [-0.25, -0.2) is 5.43 Å². The van der Waals surface area contributed by atoms with Crippen LogP contribution in [0.1, 0.15) is 35.3 Å². The van der Waals surface area contributed by atoms with E-state index in [1.807, 2.05) is 26.0 Å². The number of fused-ring (bicyclic) bond motifs is 1. The lowest BCUT2D eigenvalue weighted by Gasteiger charge is -2.13. The third-order valence-corrected chi connectivity index (χ3v) is 4.62. The zero-order valence-electron chi connectivity index (χ0n) is 17.8. The van der Waals surface area contributed by atoms with E-state index in [1.165, 1.54) is 27.5 Å². The monoisotopic (exact) mass is 414 g/mol. The molecule has 1 heterocycles. The summed E-state index contributed by atoms with van der Waals surface area (Å²) in [6.45, 7) is 4.46. The first kappa shape index (κ1) is 21.3. The quantitative estimate of drug-likeness (QED) is 0.527. The molecule has 0 aliphatic carbocycles. The molecule has 1 N–H and O–H groups in total. The fraction of sp³-hybridized carbons (Fsp3) is 0.364. The third-order valence-electron chi connectivity index (χ3n) is 4.62. The van der Waals surface area contributed by atoms with Crippen molar-refractivity contribution >= 4 is 12.1 Å². The van der Waals surface area contributed by atoms with Crippen molar-refractivity contribution < 1.29 is 28.5 Å². The molecule has 2 aromatic rings. The molecular formula is C22H26N2O6. The van der Waals surface area contributed by atoms with Crippen LogP contribution in [0, 0.1) is 0 Å². The van der Waals surface area contributed by atoms with Crippen molar-refractivity contribution in [1.29, 1.82) is 0 Å². The number of hydrazone groups is 1. The maximum atomic E-state index is 12.6. The first-order chi connectivity index (χ1) is 14.5. The Morgan fingerprint density at radius 1 is 1.13 bits per heavy atom. The van der Waals surface area contributed by atoms with Crippen LogP contribution in [0.15, 0.2) is 29.4 Å². The molecule has 3 rings (SSSR count). The number of rotatable bonds is 8. The van der Waals surface area contributed by atoms with Crippen LogP contribution in [0.3, 0.4) is 0 Å². The number of nitrogens with zero attached hydrogens (tertiary/aromatic N) is 1. The Morgan fingerprint density at radius 2 is 1.83 bits per heavy atom. The highest BCUT2D eigenvalue weighted by molar-refractivity contribution is 5.96. The molecule has 1 aliphatic rings. The van der Waals surface area contributed by atoms with Crippen molar-refractivity contribution in [1.82, 2.24) is 5.43 Å². The second-order valence-electron chi connectivity index (χ2n) is 6.68. The maximum Gasteiger partial charge on any atom is 0.271 e. The van der Waals surface area contributed by atoms with E-state index in [2.05, 4.69) is 10.5 Å². The van der Waals surface area contributed by atoms with Gasteiger partial charge in [0.05, 0.1) is 34.2 Å². The summed E-state index contributed by atoms with van der Waals surface area (Å²) in [6, 6.07) is 6.95. The Hall–Kier alpha value is -3.42. The molecule has 0 aromatic heterocycles. The zero-order chi connectivity index (χ0) is 21.7. The Balaban J connectivity index is 1.80. The van der Waals surface area contributed by atoms with Crippen LogP contribution < -0.4 is 29.1 Å². The van der Waals surface area contributed by atoms with Crippen molar-refractivity contribution in [2.45, 2.75) is 26.4 Å². The fourth-order valence-corrected chi connectivity index (χ4v) is 3.27. The van der Waals surface area contributed by atoms with E-state index < -0.39 is 5.91 Å². The Morgan fingerprint density at radius 3 is 2.43 bits per heavy atom. The van der Waals surface area contributed by atoms with Crippen LogP contribution in [0.2, 0.25) is 0 Å².